The van der Waals surface area contributed by atoms with Crippen LogP contribution in [0.25, 0.3) is 11.2 Å². The van der Waals surface area contributed by atoms with Gasteiger partial charge in [-0.1, -0.05) is 45.0 Å². The predicted molar refractivity (Wildman–Crippen MR) is 146 cm³/mol. The van der Waals surface area contributed by atoms with Crippen LogP contribution in [0.2, 0.25) is 0 Å². The molecule has 0 aromatic carbocycles. The van der Waals surface area contributed by atoms with E-state index in [4.69, 9.17) is 4.98 Å². The maximum Gasteiger partial charge on any atom is 0.244 e. The fraction of sp³-hybridized carbons (Fsp3) is 0.600. The summed E-state index contributed by atoms with van der Waals surface area (Å²) >= 11 is 3.02. The molecule has 0 aliphatic carbocycles. The van der Waals surface area contributed by atoms with Crippen molar-refractivity contribution in [2.75, 3.05) is 20.1 Å². The maximum absolute atomic E-state index is 12.9. The average Bonchev–Trinajstić information content (AvgIpc) is 3.29. The molecule has 2 aliphatic rings. The molecule has 6 nitrogen and oxygen atoms in total. The lowest BCUT2D eigenvalue weighted by Crippen LogP contribution is -2.18. The number of fused-ring (bicyclic) bond motifs is 1. The van der Waals surface area contributed by atoms with Gasteiger partial charge in [0, 0.05) is 29.7 Å². The number of hydrogen-bond donors (Lipinski definition) is 2. The van der Waals surface area contributed by atoms with Gasteiger partial charge in [-0.15, -0.1) is 0 Å². The van der Waals surface area contributed by atoms with Crippen LogP contribution in [-0.2, 0) is 0 Å². The summed E-state index contributed by atoms with van der Waals surface area (Å²) in [5, 5.41) is 9.86. The Morgan fingerprint density at radius 3 is 2.86 bits per heavy atom. The van der Waals surface area contributed by atoms with Gasteiger partial charge in [0.25, 0.3) is 0 Å². The minimum atomic E-state index is -2.40. The fourth-order valence-corrected chi connectivity index (χ4v) is 6.13. The average molecular weight is 525 g/mol. The second kappa shape index (κ2) is 13.6. The minimum absolute atomic E-state index is 0.182. The predicted octanol–water partition coefficient (Wildman–Crippen LogP) is 6.56. The number of halogens is 2. The SMILES string of the molecule is CC.CCCC(C)NSc1cc(C2=CCCNCC2)c2ncc(C3SC(CC(F)F)=NN3C)n2c1. The molecule has 4 rings (SSSR count). The van der Waals surface area contributed by atoms with Crippen molar-refractivity contribution in [3.63, 3.8) is 0 Å². The van der Waals surface area contributed by atoms with Gasteiger partial charge in [0.2, 0.25) is 6.43 Å². The van der Waals surface area contributed by atoms with Gasteiger partial charge in [0.1, 0.15) is 16.1 Å². The minimum Gasteiger partial charge on any atom is -0.316 e. The zero-order chi connectivity index (χ0) is 25.4. The van der Waals surface area contributed by atoms with Gasteiger partial charge < -0.3 is 5.32 Å². The molecule has 2 N–H and O–H groups in total. The molecule has 0 spiro atoms. The summed E-state index contributed by atoms with van der Waals surface area (Å²) < 4.78 is 31.5. The Hall–Kier alpha value is -1.62. The number of thioether (sulfide) groups is 1. The van der Waals surface area contributed by atoms with Gasteiger partial charge in [-0.2, -0.15) is 5.10 Å². The number of aromatic nitrogens is 2. The highest BCUT2D eigenvalue weighted by Crippen LogP contribution is 2.41. The van der Waals surface area contributed by atoms with Crippen LogP contribution < -0.4 is 10.0 Å². The molecule has 194 valence electrons. The molecule has 0 saturated carbocycles. The molecule has 0 radical (unpaired) electrons. The smallest absolute Gasteiger partial charge is 0.244 e. The third-order valence-electron chi connectivity index (χ3n) is 5.78. The lowest BCUT2D eigenvalue weighted by Gasteiger charge is -2.19. The normalized spacial score (nSPS) is 19.3. The lowest BCUT2D eigenvalue weighted by atomic mass is 10.0. The van der Waals surface area contributed by atoms with Crippen LogP contribution in [-0.4, -0.2) is 52.0 Å². The van der Waals surface area contributed by atoms with E-state index in [2.05, 4.69) is 51.7 Å². The number of nitrogens with one attached hydrogen (secondary N) is 2. The van der Waals surface area contributed by atoms with Crippen molar-refractivity contribution in [2.45, 2.75) is 82.5 Å². The highest BCUT2D eigenvalue weighted by molar-refractivity contribution is 8.14. The molecule has 10 heteroatoms. The number of alkyl halides is 2. The first-order valence-electron chi connectivity index (χ1n) is 12.5. The molecular formula is C25H38F2N6S2. The van der Waals surface area contributed by atoms with Gasteiger partial charge >= 0.3 is 0 Å². The Balaban J connectivity index is 0.00000167. The van der Waals surface area contributed by atoms with Crippen molar-refractivity contribution in [2.24, 2.45) is 5.10 Å². The van der Waals surface area contributed by atoms with Gasteiger partial charge in [-0.3, -0.25) is 14.1 Å². The van der Waals surface area contributed by atoms with E-state index in [9.17, 15) is 8.78 Å². The Morgan fingerprint density at radius 2 is 2.11 bits per heavy atom. The quantitative estimate of drug-likeness (QED) is 0.363. The first kappa shape index (κ1) is 28.0. The molecule has 0 bridgehead atoms. The van der Waals surface area contributed by atoms with E-state index < -0.39 is 6.43 Å². The second-order valence-corrected chi connectivity index (χ2v) is 10.6. The van der Waals surface area contributed by atoms with E-state index in [0.717, 1.165) is 60.6 Å². The van der Waals surface area contributed by atoms with E-state index in [1.807, 2.05) is 27.1 Å². The molecular weight excluding hydrogens is 486 g/mol. The summed E-state index contributed by atoms with van der Waals surface area (Å²) in [6, 6.07) is 2.63. The monoisotopic (exact) mass is 524 g/mol. The highest BCUT2D eigenvalue weighted by Gasteiger charge is 2.30. The van der Waals surface area contributed by atoms with Crippen molar-refractivity contribution in [1.29, 1.82) is 0 Å². The van der Waals surface area contributed by atoms with Crippen molar-refractivity contribution in [1.82, 2.24) is 24.4 Å². The highest BCUT2D eigenvalue weighted by atomic mass is 32.2. The first-order valence-corrected chi connectivity index (χ1v) is 14.2. The zero-order valence-electron chi connectivity index (χ0n) is 21.4. The fourth-order valence-electron chi connectivity index (χ4n) is 4.19. The Kier molecular flexibility index (Phi) is 10.9. The summed E-state index contributed by atoms with van der Waals surface area (Å²) in [5.74, 6) is 0. The largest absolute Gasteiger partial charge is 0.316 e. The number of imidazole rings is 1. The first-order chi connectivity index (χ1) is 17.0. The standard InChI is InChI=1S/C23H32F2N6S2.C2H6/c1-4-6-15(2)29-33-17-11-18(16-7-5-9-26-10-8-16)22-27-13-19(31(22)14-17)23-30(3)28-21(32-23)12-20(24)25;1-2/h7,11,13-15,20,23,26,29H,4-6,8-10,12H2,1-3H3;1-2H3. The van der Waals surface area contributed by atoms with E-state index in [0.29, 0.717) is 11.1 Å². The van der Waals surface area contributed by atoms with Crippen LogP contribution in [0.5, 0.6) is 0 Å². The summed E-state index contributed by atoms with van der Waals surface area (Å²) in [6.45, 7) is 10.3. The summed E-state index contributed by atoms with van der Waals surface area (Å²) in [7, 11) is 1.84. The molecule has 2 aliphatic heterocycles. The van der Waals surface area contributed by atoms with Gasteiger partial charge in [-0.25, -0.2) is 13.8 Å². The van der Waals surface area contributed by atoms with Crippen molar-refractivity contribution in [3.8, 4) is 0 Å². The third kappa shape index (κ3) is 7.21. The number of nitrogens with zero attached hydrogens (tertiary/aromatic N) is 4. The third-order valence-corrected chi connectivity index (χ3v) is 8.05. The van der Waals surface area contributed by atoms with Crippen molar-refractivity contribution >= 4 is 40.0 Å². The zero-order valence-corrected chi connectivity index (χ0v) is 23.0. The lowest BCUT2D eigenvalue weighted by molar-refractivity contribution is 0.158. The molecule has 2 atom stereocenters. The van der Waals surface area contributed by atoms with Gasteiger partial charge in [0.15, 0.2) is 0 Å². The van der Waals surface area contributed by atoms with Gasteiger partial charge in [0.05, 0.1) is 18.3 Å². The topological polar surface area (TPSA) is 57.0 Å². The van der Waals surface area contributed by atoms with Crippen LogP contribution in [0.4, 0.5) is 8.78 Å². The van der Waals surface area contributed by atoms with E-state index in [1.165, 1.54) is 17.3 Å². The summed E-state index contributed by atoms with van der Waals surface area (Å²) in [4.78, 5) is 5.90. The number of pyridine rings is 1. The molecule has 2 aromatic rings. The van der Waals surface area contributed by atoms with Crippen LogP contribution in [0.15, 0.2) is 34.5 Å². The summed E-state index contributed by atoms with van der Waals surface area (Å²) in [6.07, 6.45) is 7.76. The van der Waals surface area contributed by atoms with E-state index in [-0.39, 0.29) is 11.8 Å². The second-order valence-electron chi connectivity index (χ2n) is 8.53. The summed E-state index contributed by atoms with van der Waals surface area (Å²) in [5.41, 5.74) is 4.29. The molecule has 0 fully saturated rings. The molecule has 0 saturated heterocycles. The molecule has 4 heterocycles. The Bertz CT molecular complexity index is 1020. The molecule has 35 heavy (non-hydrogen) atoms. The Labute approximate surface area is 216 Å². The van der Waals surface area contributed by atoms with Crippen LogP contribution in [0.1, 0.15) is 76.4 Å². The van der Waals surface area contributed by atoms with Gasteiger partial charge in [-0.05, 0) is 62.9 Å². The van der Waals surface area contributed by atoms with Crippen molar-refractivity contribution in [3.05, 3.63) is 35.8 Å². The number of hydrazone groups is 1. The number of rotatable bonds is 9. The molecule has 2 aromatic heterocycles. The molecule has 0 amide bonds. The van der Waals surface area contributed by atoms with Crippen LogP contribution >= 0.6 is 23.7 Å². The van der Waals surface area contributed by atoms with Crippen molar-refractivity contribution < 1.29 is 8.78 Å². The molecule has 2 unspecified atom stereocenters. The Morgan fingerprint density at radius 1 is 1.31 bits per heavy atom. The maximum atomic E-state index is 12.9. The van der Waals surface area contributed by atoms with Crippen LogP contribution in [0.3, 0.4) is 0 Å². The van der Waals surface area contributed by atoms with E-state index in [1.54, 1.807) is 17.0 Å². The van der Waals surface area contributed by atoms with E-state index >= 15 is 0 Å². The number of hydrogen-bond acceptors (Lipinski definition) is 7. The van der Waals surface area contributed by atoms with Crippen LogP contribution in [0, 0.1) is 0 Å².